The highest BCUT2D eigenvalue weighted by Gasteiger charge is 2.21. The molecule has 1 aliphatic heterocycles. The fourth-order valence-electron chi connectivity index (χ4n) is 2.59. The summed E-state index contributed by atoms with van der Waals surface area (Å²) in [6, 6.07) is 9.18. The number of nitriles is 1. The van der Waals surface area contributed by atoms with Gasteiger partial charge in [0.25, 0.3) is 5.56 Å². The second-order valence-electron chi connectivity index (χ2n) is 5.96. The van der Waals surface area contributed by atoms with E-state index in [9.17, 15) is 9.59 Å². The van der Waals surface area contributed by atoms with Gasteiger partial charge in [-0.15, -0.1) is 0 Å². The molecule has 0 saturated carbocycles. The van der Waals surface area contributed by atoms with E-state index in [2.05, 4.69) is 10.4 Å². The van der Waals surface area contributed by atoms with Crippen molar-refractivity contribution in [2.24, 2.45) is 0 Å². The van der Waals surface area contributed by atoms with Crippen molar-refractivity contribution in [3.8, 4) is 17.6 Å². The minimum atomic E-state index is -0.572. The summed E-state index contributed by atoms with van der Waals surface area (Å²) in [4.78, 5) is 24.4. The molecule has 2 aromatic rings. The summed E-state index contributed by atoms with van der Waals surface area (Å²) >= 11 is 0. The normalized spacial score (nSPS) is 15.2. The first kappa shape index (κ1) is 17.5. The third-order valence-corrected chi connectivity index (χ3v) is 4.14. The predicted molar refractivity (Wildman–Crippen MR) is 92.0 cm³/mol. The molecule has 1 N–H and O–H groups in total. The van der Waals surface area contributed by atoms with Crippen molar-refractivity contribution in [2.45, 2.75) is 26.5 Å². The number of carbonyl (C=O) groups is 1. The first-order valence-corrected chi connectivity index (χ1v) is 8.13. The van der Waals surface area contributed by atoms with Gasteiger partial charge in [0.05, 0.1) is 12.2 Å². The molecule has 1 aromatic carbocycles. The first-order chi connectivity index (χ1) is 12.5. The van der Waals surface area contributed by atoms with Gasteiger partial charge < -0.3 is 14.8 Å². The van der Waals surface area contributed by atoms with E-state index in [0.717, 1.165) is 4.68 Å². The average molecular weight is 354 g/mol. The van der Waals surface area contributed by atoms with Gasteiger partial charge in [-0.25, -0.2) is 4.68 Å². The second-order valence-corrected chi connectivity index (χ2v) is 5.96. The Balaban J connectivity index is 1.62. The topological polar surface area (TPSA) is 106 Å². The lowest BCUT2D eigenvalue weighted by Crippen LogP contribution is -2.43. The number of aromatic nitrogens is 2. The van der Waals surface area contributed by atoms with E-state index in [-0.39, 0.29) is 24.8 Å². The number of hydrogen-bond acceptors (Lipinski definition) is 6. The third kappa shape index (κ3) is 3.52. The SMILES string of the molecule is Cc1nn(CC(=O)NC[C@H]2COc3ccccc3O2)c(=O)c(C#N)c1C. The van der Waals surface area contributed by atoms with Crippen LogP contribution in [0, 0.1) is 25.2 Å². The fourth-order valence-corrected chi connectivity index (χ4v) is 2.59. The number of rotatable bonds is 4. The third-order valence-electron chi connectivity index (χ3n) is 4.14. The molecule has 0 saturated heterocycles. The maximum Gasteiger partial charge on any atom is 0.285 e. The Kier molecular flexibility index (Phi) is 4.89. The molecule has 134 valence electrons. The van der Waals surface area contributed by atoms with Crippen molar-refractivity contribution in [1.29, 1.82) is 5.26 Å². The van der Waals surface area contributed by atoms with Crippen LogP contribution in [-0.4, -0.2) is 34.9 Å². The summed E-state index contributed by atoms with van der Waals surface area (Å²) in [6.07, 6.45) is -0.326. The summed E-state index contributed by atoms with van der Waals surface area (Å²) in [5.74, 6) is 0.905. The van der Waals surface area contributed by atoms with Crippen LogP contribution in [0.25, 0.3) is 0 Å². The number of benzene rings is 1. The number of nitrogens with one attached hydrogen (secondary N) is 1. The van der Waals surface area contributed by atoms with Gasteiger partial charge in [0, 0.05) is 0 Å². The van der Waals surface area contributed by atoms with Crippen LogP contribution in [0.15, 0.2) is 29.1 Å². The van der Waals surface area contributed by atoms with Gasteiger partial charge in [0.2, 0.25) is 5.91 Å². The fraction of sp³-hybridized carbons (Fsp3) is 0.333. The predicted octanol–water partition coefficient (Wildman–Crippen LogP) is 0.688. The van der Waals surface area contributed by atoms with Gasteiger partial charge in [0.1, 0.15) is 30.9 Å². The summed E-state index contributed by atoms with van der Waals surface area (Å²) in [5, 5.41) is 15.9. The summed E-state index contributed by atoms with van der Waals surface area (Å²) < 4.78 is 12.3. The molecular weight excluding hydrogens is 336 g/mol. The molecule has 1 atom stereocenters. The lowest BCUT2D eigenvalue weighted by atomic mass is 10.1. The number of ether oxygens (including phenoxy) is 2. The van der Waals surface area contributed by atoms with Crippen molar-refractivity contribution in [2.75, 3.05) is 13.2 Å². The number of carbonyl (C=O) groups excluding carboxylic acids is 1. The van der Waals surface area contributed by atoms with Gasteiger partial charge >= 0.3 is 0 Å². The van der Waals surface area contributed by atoms with Crippen molar-refractivity contribution >= 4 is 5.91 Å². The zero-order valence-corrected chi connectivity index (χ0v) is 14.5. The molecule has 8 heteroatoms. The zero-order chi connectivity index (χ0) is 18.7. The number of amides is 1. The molecule has 0 spiro atoms. The smallest absolute Gasteiger partial charge is 0.285 e. The van der Waals surface area contributed by atoms with Crippen LogP contribution in [0.4, 0.5) is 0 Å². The Morgan fingerprint density at radius 1 is 1.38 bits per heavy atom. The van der Waals surface area contributed by atoms with Gasteiger partial charge in [-0.3, -0.25) is 9.59 Å². The molecule has 1 aliphatic rings. The van der Waals surface area contributed by atoms with Crippen molar-refractivity contribution < 1.29 is 14.3 Å². The van der Waals surface area contributed by atoms with Gasteiger partial charge in [0.15, 0.2) is 11.5 Å². The number of hydrogen-bond donors (Lipinski definition) is 1. The number of aryl methyl sites for hydroxylation is 1. The molecule has 26 heavy (non-hydrogen) atoms. The van der Waals surface area contributed by atoms with E-state index in [1.54, 1.807) is 19.9 Å². The molecule has 0 fully saturated rings. The summed E-state index contributed by atoms with van der Waals surface area (Å²) in [6.45, 7) is 3.63. The van der Waals surface area contributed by atoms with E-state index in [1.165, 1.54) is 0 Å². The zero-order valence-electron chi connectivity index (χ0n) is 14.5. The largest absolute Gasteiger partial charge is 0.486 e. The molecule has 0 bridgehead atoms. The van der Waals surface area contributed by atoms with Crippen LogP contribution in [-0.2, 0) is 11.3 Å². The van der Waals surface area contributed by atoms with E-state index >= 15 is 0 Å². The standard InChI is InChI=1S/C18H18N4O4/c1-11-12(2)21-22(18(24)14(11)7-19)9-17(23)20-8-13-10-25-15-5-3-4-6-16(15)26-13/h3-6,13H,8-10H2,1-2H3,(H,20,23)/t13-/m0/s1. The quantitative estimate of drug-likeness (QED) is 0.866. The van der Waals surface area contributed by atoms with Crippen LogP contribution >= 0.6 is 0 Å². The Labute approximate surface area is 150 Å². The van der Waals surface area contributed by atoms with Gasteiger partial charge in [-0.2, -0.15) is 10.4 Å². The van der Waals surface area contributed by atoms with E-state index in [4.69, 9.17) is 14.7 Å². The highest BCUT2D eigenvalue weighted by Crippen LogP contribution is 2.30. The molecule has 0 unspecified atom stereocenters. The molecule has 8 nitrogen and oxygen atoms in total. The monoisotopic (exact) mass is 354 g/mol. The Bertz CT molecular complexity index is 945. The maximum absolute atomic E-state index is 12.2. The molecule has 0 radical (unpaired) electrons. The van der Waals surface area contributed by atoms with E-state index in [0.29, 0.717) is 29.4 Å². The minimum absolute atomic E-state index is 0.00548. The Morgan fingerprint density at radius 3 is 2.85 bits per heavy atom. The minimum Gasteiger partial charge on any atom is -0.486 e. The molecule has 3 rings (SSSR count). The second kappa shape index (κ2) is 7.27. The summed E-state index contributed by atoms with van der Waals surface area (Å²) in [7, 11) is 0. The first-order valence-electron chi connectivity index (χ1n) is 8.13. The van der Waals surface area contributed by atoms with E-state index < -0.39 is 11.5 Å². The number of nitrogens with zero attached hydrogens (tertiary/aromatic N) is 3. The number of para-hydroxylation sites is 2. The summed E-state index contributed by atoms with van der Waals surface area (Å²) in [5.41, 5.74) is 0.498. The van der Waals surface area contributed by atoms with Crippen molar-refractivity contribution in [3.63, 3.8) is 0 Å². The number of fused-ring (bicyclic) bond motifs is 1. The van der Waals surface area contributed by atoms with E-state index in [1.807, 2.05) is 24.3 Å². The maximum atomic E-state index is 12.2. The Hall–Kier alpha value is -3.34. The molecule has 2 heterocycles. The lowest BCUT2D eigenvalue weighted by molar-refractivity contribution is -0.122. The average Bonchev–Trinajstić information content (AvgIpc) is 2.65. The van der Waals surface area contributed by atoms with Crippen LogP contribution in [0.5, 0.6) is 11.5 Å². The Morgan fingerprint density at radius 2 is 2.12 bits per heavy atom. The molecule has 1 aromatic heterocycles. The van der Waals surface area contributed by atoms with Gasteiger partial charge in [-0.1, -0.05) is 12.1 Å². The van der Waals surface area contributed by atoms with Crippen LogP contribution < -0.4 is 20.3 Å². The van der Waals surface area contributed by atoms with Crippen LogP contribution in [0.3, 0.4) is 0 Å². The van der Waals surface area contributed by atoms with Crippen molar-refractivity contribution in [3.05, 3.63) is 51.4 Å². The van der Waals surface area contributed by atoms with Crippen molar-refractivity contribution in [1.82, 2.24) is 15.1 Å². The highest BCUT2D eigenvalue weighted by atomic mass is 16.6. The molecule has 1 amide bonds. The molecule has 0 aliphatic carbocycles. The van der Waals surface area contributed by atoms with Crippen LogP contribution in [0.2, 0.25) is 0 Å². The van der Waals surface area contributed by atoms with Gasteiger partial charge in [-0.05, 0) is 31.5 Å². The van der Waals surface area contributed by atoms with Crippen LogP contribution in [0.1, 0.15) is 16.8 Å². The highest BCUT2D eigenvalue weighted by molar-refractivity contribution is 5.75. The molecular formula is C18H18N4O4. The lowest BCUT2D eigenvalue weighted by Gasteiger charge is -2.26.